The van der Waals surface area contributed by atoms with Crippen molar-refractivity contribution in [3.63, 3.8) is 0 Å². The summed E-state index contributed by atoms with van der Waals surface area (Å²) in [7, 11) is 0. The number of benzene rings is 1. The molecule has 0 spiro atoms. The van der Waals surface area contributed by atoms with E-state index in [0.717, 1.165) is 18.4 Å². The number of ether oxygens (including phenoxy) is 1. The van der Waals surface area contributed by atoms with Crippen LogP contribution in [0.15, 0.2) is 48.7 Å². The lowest BCUT2D eigenvalue weighted by atomic mass is 9.99. The minimum Gasteiger partial charge on any atom is -0.376 e. The van der Waals surface area contributed by atoms with Crippen LogP contribution in [-0.4, -0.2) is 23.6 Å². The van der Waals surface area contributed by atoms with Crippen molar-refractivity contribution in [3.05, 3.63) is 65.7 Å². The first-order valence-corrected chi connectivity index (χ1v) is 7.33. The van der Waals surface area contributed by atoms with Gasteiger partial charge in [0.1, 0.15) is 11.5 Å². The molecule has 2 aromatic rings. The Morgan fingerprint density at radius 2 is 2.09 bits per heavy atom. The minimum absolute atomic E-state index is 0.0990. The first kappa shape index (κ1) is 14.7. The Balaban J connectivity index is 1.82. The summed E-state index contributed by atoms with van der Waals surface area (Å²) in [6.07, 6.45) is 3.30. The highest BCUT2D eigenvalue weighted by molar-refractivity contribution is 5.92. The van der Waals surface area contributed by atoms with Gasteiger partial charge >= 0.3 is 0 Å². The maximum atomic E-state index is 13.1. The van der Waals surface area contributed by atoms with Gasteiger partial charge in [-0.1, -0.05) is 18.2 Å². The number of hydrogen-bond acceptors (Lipinski definition) is 3. The molecule has 2 unspecified atom stereocenters. The van der Waals surface area contributed by atoms with Gasteiger partial charge in [-0.05, 0) is 42.7 Å². The Morgan fingerprint density at radius 3 is 2.73 bits per heavy atom. The van der Waals surface area contributed by atoms with Crippen LogP contribution in [0.3, 0.4) is 0 Å². The van der Waals surface area contributed by atoms with Gasteiger partial charge in [0.25, 0.3) is 5.91 Å². The third-order valence-electron chi connectivity index (χ3n) is 3.75. The van der Waals surface area contributed by atoms with Crippen LogP contribution in [0.1, 0.15) is 34.9 Å². The molecule has 0 bridgehead atoms. The summed E-state index contributed by atoms with van der Waals surface area (Å²) in [6, 6.07) is 11.0. The first-order valence-electron chi connectivity index (χ1n) is 7.33. The van der Waals surface area contributed by atoms with Crippen LogP contribution >= 0.6 is 0 Å². The van der Waals surface area contributed by atoms with Crippen LogP contribution in [0, 0.1) is 5.82 Å². The monoisotopic (exact) mass is 300 g/mol. The molecular formula is C17H17FN2O2. The quantitative estimate of drug-likeness (QED) is 0.944. The van der Waals surface area contributed by atoms with Gasteiger partial charge in [0.15, 0.2) is 0 Å². The van der Waals surface area contributed by atoms with Crippen LogP contribution in [0.5, 0.6) is 0 Å². The number of carbonyl (C=O) groups is 1. The average molecular weight is 300 g/mol. The van der Waals surface area contributed by atoms with Crippen molar-refractivity contribution in [3.8, 4) is 0 Å². The van der Waals surface area contributed by atoms with Gasteiger partial charge in [-0.3, -0.25) is 9.78 Å². The van der Waals surface area contributed by atoms with Gasteiger partial charge in [0, 0.05) is 12.8 Å². The average Bonchev–Trinajstić information content (AvgIpc) is 3.08. The zero-order valence-corrected chi connectivity index (χ0v) is 12.0. The maximum absolute atomic E-state index is 13.1. The fraction of sp³-hybridized carbons (Fsp3) is 0.294. The predicted octanol–water partition coefficient (Wildman–Crippen LogP) is 2.87. The van der Waals surface area contributed by atoms with Gasteiger partial charge in [-0.25, -0.2) is 4.39 Å². The Hall–Kier alpha value is -2.27. The molecule has 1 aromatic heterocycles. The molecule has 22 heavy (non-hydrogen) atoms. The summed E-state index contributed by atoms with van der Waals surface area (Å²) in [5.41, 5.74) is 1.19. The van der Waals surface area contributed by atoms with Crippen molar-refractivity contribution in [1.82, 2.24) is 10.3 Å². The van der Waals surface area contributed by atoms with Crippen molar-refractivity contribution in [2.45, 2.75) is 25.0 Å². The summed E-state index contributed by atoms with van der Waals surface area (Å²) in [4.78, 5) is 16.4. The largest absolute Gasteiger partial charge is 0.376 e. The number of halogens is 1. The highest BCUT2D eigenvalue weighted by Gasteiger charge is 2.29. The third-order valence-corrected chi connectivity index (χ3v) is 3.75. The van der Waals surface area contributed by atoms with E-state index in [2.05, 4.69) is 10.3 Å². The van der Waals surface area contributed by atoms with E-state index >= 15 is 0 Å². The molecule has 0 radical (unpaired) electrons. The van der Waals surface area contributed by atoms with Crippen LogP contribution < -0.4 is 5.32 Å². The summed E-state index contributed by atoms with van der Waals surface area (Å²) >= 11 is 0. The van der Waals surface area contributed by atoms with Gasteiger partial charge in [-0.15, -0.1) is 0 Å². The molecule has 1 amide bonds. The highest BCUT2D eigenvalue weighted by atomic mass is 19.1. The summed E-state index contributed by atoms with van der Waals surface area (Å²) in [6.45, 7) is 0.682. The summed E-state index contributed by atoms with van der Waals surface area (Å²) in [5, 5.41) is 2.96. The SMILES string of the molecule is O=C(NC(c1ccc(F)cc1)C1CCCO1)c1ccccn1. The van der Waals surface area contributed by atoms with Crippen molar-refractivity contribution in [2.24, 2.45) is 0 Å². The lowest BCUT2D eigenvalue weighted by molar-refractivity contribution is 0.0670. The second-order valence-corrected chi connectivity index (χ2v) is 5.27. The van der Waals surface area contributed by atoms with Crippen molar-refractivity contribution in [1.29, 1.82) is 0 Å². The lowest BCUT2D eigenvalue weighted by Gasteiger charge is -2.24. The molecule has 2 atom stereocenters. The molecule has 2 heterocycles. The van der Waals surface area contributed by atoms with Crippen LogP contribution in [0.4, 0.5) is 4.39 Å². The van der Waals surface area contributed by atoms with Crippen molar-refractivity contribution >= 4 is 5.91 Å². The molecule has 1 aromatic carbocycles. The van der Waals surface area contributed by atoms with Crippen molar-refractivity contribution < 1.29 is 13.9 Å². The van der Waals surface area contributed by atoms with Gasteiger partial charge in [-0.2, -0.15) is 0 Å². The Morgan fingerprint density at radius 1 is 1.27 bits per heavy atom. The van der Waals surface area contributed by atoms with Gasteiger partial charge < -0.3 is 10.1 Å². The fourth-order valence-electron chi connectivity index (χ4n) is 2.64. The number of hydrogen-bond donors (Lipinski definition) is 1. The molecule has 1 fully saturated rings. The van der Waals surface area contributed by atoms with Crippen LogP contribution in [0.25, 0.3) is 0 Å². The molecule has 0 aliphatic carbocycles. The molecule has 1 aliphatic rings. The minimum atomic E-state index is -0.308. The maximum Gasteiger partial charge on any atom is 0.270 e. The van der Waals surface area contributed by atoms with E-state index in [1.165, 1.54) is 12.1 Å². The third kappa shape index (κ3) is 3.31. The molecule has 1 aliphatic heterocycles. The lowest BCUT2D eigenvalue weighted by Crippen LogP contribution is -2.36. The summed E-state index contributed by atoms with van der Waals surface area (Å²) < 4.78 is 18.8. The molecule has 1 N–H and O–H groups in total. The van der Waals surface area contributed by atoms with E-state index in [1.54, 1.807) is 36.5 Å². The summed E-state index contributed by atoms with van der Waals surface area (Å²) in [5.74, 6) is -0.559. The highest BCUT2D eigenvalue weighted by Crippen LogP contribution is 2.27. The molecular weight excluding hydrogens is 283 g/mol. The van der Waals surface area contributed by atoms with Crippen LogP contribution in [-0.2, 0) is 4.74 Å². The zero-order chi connectivity index (χ0) is 15.4. The number of aromatic nitrogens is 1. The predicted molar refractivity (Wildman–Crippen MR) is 79.8 cm³/mol. The second-order valence-electron chi connectivity index (χ2n) is 5.27. The van der Waals surface area contributed by atoms with E-state index in [4.69, 9.17) is 4.74 Å². The molecule has 1 saturated heterocycles. The molecule has 3 rings (SSSR count). The van der Waals surface area contributed by atoms with Crippen molar-refractivity contribution in [2.75, 3.05) is 6.61 Å². The van der Waals surface area contributed by atoms with E-state index in [-0.39, 0.29) is 23.9 Å². The number of nitrogens with one attached hydrogen (secondary N) is 1. The molecule has 4 nitrogen and oxygen atoms in total. The van der Waals surface area contributed by atoms with E-state index in [0.29, 0.717) is 12.3 Å². The van der Waals surface area contributed by atoms with Gasteiger partial charge in [0.05, 0.1) is 12.1 Å². The van der Waals surface area contributed by atoms with Gasteiger partial charge in [0.2, 0.25) is 0 Å². The number of rotatable bonds is 4. The van der Waals surface area contributed by atoms with E-state index in [9.17, 15) is 9.18 Å². The zero-order valence-electron chi connectivity index (χ0n) is 12.0. The number of amides is 1. The fourth-order valence-corrected chi connectivity index (χ4v) is 2.64. The first-order chi connectivity index (χ1) is 10.7. The normalized spacial score (nSPS) is 18.9. The van der Waals surface area contributed by atoms with Crippen LogP contribution in [0.2, 0.25) is 0 Å². The molecule has 0 saturated carbocycles. The topological polar surface area (TPSA) is 51.2 Å². The van der Waals surface area contributed by atoms with E-state index in [1.807, 2.05) is 0 Å². The standard InChI is InChI=1S/C17H17FN2O2/c18-13-8-6-12(7-9-13)16(15-5-3-11-22-15)20-17(21)14-4-1-2-10-19-14/h1-2,4,6-10,15-16H,3,5,11H2,(H,20,21). The second kappa shape index (κ2) is 6.66. The molecule has 5 heteroatoms. The Kier molecular flexibility index (Phi) is 4.44. The van der Waals surface area contributed by atoms with E-state index < -0.39 is 0 Å². The number of pyridine rings is 1. The Labute approximate surface area is 128 Å². The number of nitrogens with zero attached hydrogens (tertiary/aromatic N) is 1. The smallest absolute Gasteiger partial charge is 0.270 e. The Bertz CT molecular complexity index is 625. The molecule has 114 valence electrons. The number of carbonyl (C=O) groups excluding carboxylic acids is 1.